The molecule has 0 amide bonds. The first kappa shape index (κ1) is 13.4. The van der Waals surface area contributed by atoms with E-state index >= 15 is 0 Å². The van der Waals surface area contributed by atoms with E-state index in [0.29, 0.717) is 22.6 Å². The number of carbonyl (C=O) groups is 1. The third kappa shape index (κ3) is 3.23. The van der Waals surface area contributed by atoms with Gasteiger partial charge in [0, 0.05) is 13.1 Å². The van der Waals surface area contributed by atoms with E-state index in [1.54, 1.807) is 42.3 Å². The van der Waals surface area contributed by atoms with Gasteiger partial charge in [-0.2, -0.15) is 10.4 Å². The van der Waals surface area contributed by atoms with Gasteiger partial charge in [-0.1, -0.05) is 6.07 Å². The lowest BCUT2D eigenvalue weighted by Crippen LogP contribution is -1.89. The third-order valence-electron chi connectivity index (χ3n) is 2.45. The molecule has 100 valence electrons. The van der Waals surface area contributed by atoms with Crippen molar-refractivity contribution >= 4 is 12.0 Å². The van der Waals surface area contributed by atoms with E-state index in [4.69, 9.17) is 15.1 Å². The van der Waals surface area contributed by atoms with E-state index in [2.05, 4.69) is 5.10 Å². The van der Waals surface area contributed by atoms with E-state index in [-0.39, 0.29) is 0 Å². The summed E-state index contributed by atoms with van der Waals surface area (Å²) in [6.45, 7) is 0. The molecule has 20 heavy (non-hydrogen) atoms. The van der Waals surface area contributed by atoms with Crippen LogP contribution >= 0.6 is 0 Å². The molecule has 0 aliphatic carbocycles. The van der Waals surface area contributed by atoms with Gasteiger partial charge >= 0.3 is 5.97 Å². The summed E-state index contributed by atoms with van der Waals surface area (Å²) in [5.74, 6) is -0.120. The molecule has 6 nitrogen and oxygen atoms in total. The van der Waals surface area contributed by atoms with Crippen LogP contribution in [0.15, 0.2) is 36.7 Å². The highest BCUT2D eigenvalue weighted by Gasteiger charge is 2.06. The quantitative estimate of drug-likeness (QED) is 0.859. The van der Waals surface area contributed by atoms with Gasteiger partial charge < -0.3 is 9.84 Å². The number of aryl methyl sites for hydroxylation is 1. The number of nitrogens with zero attached hydrogens (tertiary/aromatic N) is 3. The number of nitriles is 1. The fourth-order valence-corrected chi connectivity index (χ4v) is 1.57. The molecule has 0 atom stereocenters. The van der Waals surface area contributed by atoms with E-state index in [0.717, 1.165) is 6.08 Å². The first-order valence-corrected chi connectivity index (χ1v) is 5.70. The molecule has 1 aromatic heterocycles. The van der Waals surface area contributed by atoms with Crippen LogP contribution in [0.5, 0.6) is 11.5 Å². The number of aliphatic carboxylic acids is 1. The molecule has 0 aliphatic rings. The van der Waals surface area contributed by atoms with Gasteiger partial charge in [-0.15, -0.1) is 0 Å². The molecule has 2 rings (SSSR count). The summed E-state index contributed by atoms with van der Waals surface area (Å²) in [7, 11) is 1.76. The van der Waals surface area contributed by atoms with Crippen molar-refractivity contribution in [3.8, 4) is 17.6 Å². The van der Waals surface area contributed by atoms with Crippen molar-refractivity contribution in [3.05, 3.63) is 47.8 Å². The Labute approximate surface area is 115 Å². The first-order chi connectivity index (χ1) is 9.58. The number of hydrogen-bond donors (Lipinski definition) is 1. The van der Waals surface area contributed by atoms with Gasteiger partial charge in [0.25, 0.3) is 0 Å². The van der Waals surface area contributed by atoms with Gasteiger partial charge in [0.2, 0.25) is 0 Å². The van der Waals surface area contributed by atoms with Crippen molar-refractivity contribution in [1.29, 1.82) is 5.26 Å². The zero-order chi connectivity index (χ0) is 14.5. The van der Waals surface area contributed by atoms with E-state index < -0.39 is 5.97 Å². The molecule has 6 heteroatoms. The maximum atomic E-state index is 10.5. The summed E-state index contributed by atoms with van der Waals surface area (Å²) in [6.07, 6.45) is 5.65. The van der Waals surface area contributed by atoms with Gasteiger partial charge in [0.15, 0.2) is 5.75 Å². The molecule has 0 saturated heterocycles. The lowest BCUT2D eigenvalue weighted by Gasteiger charge is -2.05. The summed E-state index contributed by atoms with van der Waals surface area (Å²) < 4.78 is 7.14. The van der Waals surface area contributed by atoms with Crippen LogP contribution in [0.2, 0.25) is 0 Å². The molecule has 0 aliphatic heterocycles. The summed E-state index contributed by atoms with van der Waals surface area (Å²) >= 11 is 0. The van der Waals surface area contributed by atoms with Crippen LogP contribution in [-0.4, -0.2) is 20.9 Å². The van der Waals surface area contributed by atoms with Gasteiger partial charge in [0.05, 0.1) is 18.0 Å². The van der Waals surface area contributed by atoms with Crippen molar-refractivity contribution < 1.29 is 14.6 Å². The minimum atomic E-state index is -1.04. The summed E-state index contributed by atoms with van der Waals surface area (Å²) in [5.41, 5.74) is 0.934. The maximum Gasteiger partial charge on any atom is 0.328 e. The number of hydrogen-bond acceptors (Lipinski definition) is 4. The molecule has 0 saturated carbocycles. The second-order valence-electron chi connectivity index (χ2n) is 3.99. The molecule has 0 bridgehead atoms. The molecule has 0 spiro atoms. The molecule has 0 unspecified atom stereocenters. The van der Waals surface area contributed by atoms with Gasteiger partial charge in [-0.3, -0.25) is 4.68 Å². The molecular weight excluding hydrogens is 258 g/mol. The molecular formula is C14H11N3O3. The Morgan fingerprint density at radius 3 is 2.95 bits per heavy atom. The normalized spacial score (nSPS) is 10.4. The van der Waals surface area contributed by atoms with Crippen LogP contribution in [0, 0.1) is 11.3 Å². The van der Waals surface area contributed by atoms with Crippen LogP contribution in [0.3, 0.4) is 0 Å². The van der Waals surface area contributed by atoms with Crippen LogP contribution < -0.4 is 4.74 Å². The smallest absolute Gasteiger partial charge is 0.328 e. The number of carboxylic acid groups (broad SMARTS) is 1. The lowest BCUT2D eigenvalue weighted by atomic mass is 10.1. The van der Waals surface area contributed by atoms with Crippen molar-refractivity contribution in [1.82, 2.24) is 9.78 Å². The van der Waals surface area contributed by atoms with E-state index in [1.165, 1.54) is 6.08 Å². The Morgan fingerprint density at radius 2 is 2.35 bits per heavy atom. The van der Waals surface area contributed by atoms with Crippen LogP contribution in [-0.2, 0) is 11.8 Å². The average Bonchev–Trinajstić information content (AvgIpc) is 2.83. The fourth-order valence-electron chi connectivity index (χ4n) is 1.57. The second kappa shape index (κ2) is 5.71. The Hall–Kier alpha value is -3.07. The zero-order valence-electron chi connectivity index (χ0n) is 10.6. The highest BCUT2D eigenvalue weighted by Crippen LogP contribution is 2.25. The topological polar surface area (TPSA) is 88.1 Å². The molecule has 0 fully saturated rings. The lowest BCUT2D eigenvalue weighted by molar-refractivity contribution is -0.131. The third-order valence-corrected chi connectivity index (χ3v) is 2.45. The highest BCUT2D eigenvalue weighted by molar-refractivity contribution is 5.85. The number of rotatable bonds is 4. The van der Waals surface area contributed by atoms with E-state index in [1.807, 2.05) is 6.07 Å². The fraction of sp³-hybridized carbons (Fsp3) is 0.0714. The predicted molar refractivity (Wildman–Crippen MR) is 71.1 cm³/mol. The van der Waals surface area contributed by atoms with Gasteiger partial charge in [-0.25, -0.2) is 4.79 Å². The molecule has 1 heterocycles. The maximum absolute atomic E-state index is 10.5. The standard InChI is InChI=1S/C14H11N3O3/c1-17-9-12(8-16-17)20-13-4-2-10(3-5-14(18)19)6-11(13)7-15/h2-6,8-9H,1H3,(H,18,19)/b5-3+. The number of ether oxygens (including phenoxy) is 1. The van der Waals surface area contributed by atoms with Crippen LogP contribution in [0.1, 0.15) is 11.1 Å². The predicted octanol–water partition coefficient (Wildman–Crippen LogP) is 2.18. The summed E-state index contributed by atoms with van der Waals surface area (Å²) in [6, 6.07) is 6.87. The highest BCUT2D eigenvalue weighted by atomic mass is 16.5. The van der Waals surface area contributed by atoms with Crippen molar-refractivity contribution in [2.75, 3.05) is 0 Å². The summed E-state index contributed by atoms with van der Waals surface area (Å²) in [4.78, 5) is 10.5. The molecule has 2 aromatic rings. The zero-order valence-corrected chi connectivity index (χ0v) is 10.6. The molecule has 1 N–H and O–H groups in total. The van der Waals surface area contributed by atoms with Crippen LogP contribution in [0.25, 0.3) is 6.08 Å². The average molecular weight is 269 g/mol. The Balaban J connectivity index is 2.26. The van der Waals surface area contributed by atoms with Gasteiger partial charge in [0.1, 0.15) is 11.8 Å². The number of carboxylic acids is 1. The monoisotopic (exact) mass is 269 g/mol. The van der Waals surface area contributed by atoms with Crippen LogP contribution in [0.4, 0.5) is 0 Å². The van der Waals surface area contributed by atoms with E-state index in [9.17, 15) is 4.79 Å². The van der Waals surface area contributed by atoms with Crippen molar-refractivity contribution in [2.45, 2.75) is 0 Å². The van der Waals surface area contributed by atoms with Gasteiger partial charge in [-0.05, 0) is 23.8 Å². The van der Waals surface area contributed by atoms with Crippen molar-refractivity contribution in [3.63, 3.8) is 0 Å². The second-order valence-corrected chi connectivity index (χ2v) is 3.99. The minimum absolute atomic E-state index is 0.321. The first-order valence-electron chi connectivity index (χ1n) is 5.70. The molecule has 1 aromatic carbocycles. The number of aromatic nitrogens is 2. The van der Waals surface area contributed by atoms with Crippen molar-refractivity contribution in [2.24, 2.45) is 7.05 Å². The minimum Gasteiger partial charge on any atom is -0.478 e. The Bertz CT molecular complexity index is 711. The Kier molecular flexibility index (Phi) is 3.82. The number of benzene rings is 1. The SMILES string of the molecule is Cn1cc(Oc2ccc(/C=C/C(=O)O)cc2C#N)cn1. The molecule has 0 radical (unpaired) electrons. The Morgan fingerprint density at radius 1 is 1.55 bits per heavy atom. The largest absolute Gasteiger partial charge is 0.478 e. The summed E-state index contributed by atoms with van der Waals surface area (Å²) in [5, 5.41) is 21.6.